The van der Waals surface area contributed by atoms with Crippen LogP contribution in [0, 0.1) is 11.3 Å². The van der Waals surface area contributed by atoms with Gasteiger partial charge in [-0.15, -0.1) is 0 Å². The first-order valence-corrected chi connectivity index (χ1v) is 14.8. The van der Waals surface area contributed by atoms with E-state index in [2.05, 4.69) is 16.7 Å². The molecule has 4 aromatic rings. The van der Waals surface area contributed by atoms with Crippen molar-refractivity contribution in [2.45, 2.75) is 12.8 Å². The van der Waals surface area contributed by atoms with E-state index in [0.29, 0.717) is 27.6 Å². The third-order valence-electron chi connectivity index (χ3n) is 7.08. The summed E-state index contributed by atoms with van der Waals surface area (Å²) in [7, 11) is 1.44. The Morgan fingerprint density at radius 3 is 2.11 bits per heavy atom. The predicted octanol–water partition coefficient (Wildman–Crippen LogP) is 6.83. The highest BCUT2D eigenvalue weighted by Gasteiger charge is 2.35. The Bertz CT molecular complexity index is 1730. The molecule has 44 heavy (non-hydrogen) atoms. The molecular weight excluding hydrogens is 572 g/mol. The number of aromatic hydroxyl groups is 1. The Kier molecular flexibility index (Phi) is 9.33. The molecule has 0 aromatic heterocycles. The average molecular weight is 603 g/mol. The highest BCUT2D eigenvalue weighted by Crippen LogP contribution is 2.43. The molecule has 0 bridgehead atoms. The van der Waals surface area contributed by atoms with Crippen molar-refractivity contribution in [3.8, 4) is 17.6 Å². The van der Waals surface area contributed by atoms with E-state index in [0.717, 1.165) is 11.4 Å². The molecule has 0 saturated carbocycles. The Morgan fingerprint density at radius 1 is 0.955 bits per heavy atom. The van der Waals surface area contributed by atoms with E-state index in [1.165, 1.54) is 24.9 Å². The van der Waals surface area contributed by atoms with Gasteiger partial charge in [0.1, 0.15) is 0 Å². The number of phenols is 1. The average Bonchev–Trinajstić information content (AvgIpc) is 3.05. The third-order valence-corrected chi connectivity index (χ3v) is 8.08. The molecule has 5 rings (SSSR count). The molecule has 1 atom stereocenters. The minimum atomic E-state index is -0.795. The first-order chi connectivity index (χ1) is 21.4. The van der Waals surface area contributed by atoms with E-state index in [9.17, 15) is 20.0 Å². The van der Waals surface area contributed by atoms with Gasteiger partial charge in [-0.05, 0) is 61.0 Å². The van der Waals surface area contributed by atoms with Gasteiger partial charge in [-0.1, -0.05) is 72.4 Å². The SMILES string of the molecule is COc1cc(C2C(C#N)=C(SCC(=O)N(c3ccccc3)c3ccccc3)NC(C)=C2C(=O)Nc2ccccc2)ccc1O. The smallest absolute Gasteiger partial charge is 0.254 e. The van der Waals surface area contributed by atoms with Gasteiger partial charge in [0, 0.05) is 28.3 Å². The number of rotatable bonds is 9. The molecule has 220 valence electrons. The van der Waals surface area contributed by atoms with Crippen LogP contribution in [0.5, 0.6) is 11.5 Å². The lowest BCUT2D eigenvalue weighted by atomic mass is 9.82. The fourth-order valence-corrected chi connectivity index (χ4v) is 5.99. The second kappa shape index (κ2) is 13.7. The number of phenolic OH excluding ortho intramolecular Hbond substituents is 1. The van der Waals surface area contributed by atoms with Gasteiger partial charge in [-0.3, -0.25) is 14.5 Å². The molecule has 1 heterocycles. The second-order valence-corrected chi connectivity index (χ2v) is 10.9. The fraction of sp³-hybridized carbons (Fsp3) is 0.114. The quantitative estimate of drug-likeness (QED) is 0.192. The second-order valence-electron chi connectivity index (χ2n) is 9.89. The number of carbonyl (C=O) groups is 2. The molecule has 0 aliphatic carbocycles. The lowest BCUT2D eigenvalue weighted by Gasteiger charge is -2.30. The number of carbonyl (C=O) groups excluding carboxylic acids is 2. The van der Waals surface area contributed by atoms with Crippen LogP contribution in [0.4, 0.5) is 17.1 Å². The van der Waals surface area contributed by atoms with Crippen LogP contribution in [0.15, 0.2) is 131 Å². The standard InChI is InChI=1S/C35H30N4O4S/c1-23-32(34(42)38-25-12-6-3-7-13-25)33(24-18-19-29(40)30(20-24)43-2)28(21-36)35(37-23)44-22-31(41)39(26-14-8-4-9-15-26)27-16-10-5-11-17-27/h3-20,33,37,40H,22H2,1-2H3,(H,38,42). The van der Waals surface area contributed by atoms with Crippen LogP contribution in [-0.4, -0.2) is 29.8 Å². The van der Waals surface area contributed by atoms with E-state index < -0.39 is 5.92 Å². The van der Waals surface area contributed by atoms with Crippen molar-refractivity contribution in [3.05, 3.63) is 137 Å². The van der Waals surface area contributed by atoms with Crippen molar-refractivity contribution in [2.24, 2.45) is 0 Å². The van der Waals surface area contributed by atoms with Gasteiger partial charge in [-0.25, -0.2) is 0 Å². The number of benzene rings is 4. The van der Waals surface area contributed by atoms with Gasteiger partial charge < -0.3 is 20.5 Å². The number of para-hydroxylation sites is 3. The molecule has 0 spiro atoms. The number of thioether (sulfide) groups is 1. The molecule has 4 aromatic carbocycles. The number of nitrogens with zero attached hydrogens (tertiary/aromatic N) is 2. The van der Waals surface area contributed by atoms with Gasteiger partial charge in [0.15, 0.2) is 11.5 Å². The normalized spacial score (nSPS) is 14.3. The number of allylic oxidation sites excluding steroid dienone is 2. The molecule has 1 unspecified atom stereocenters. The fourth-order valence-electron chi connectivity index (χ4n) is 5.04. The van der Waals surface area contributed by atoms with Crippen molar-refractivity contribution in [2.75, 3.05) is 23.1 Å². The lowest BCUT2D eigenvalue weighted by Crippen LogP contribution is -2.32. The summed E-state index contributed by atoms with van der Waals surface area (Å²) in [5.74, 6) is -1.20. The Labute approximate surface area is 260 Å². The highest BCUT2D eigenvalue weighted by atomic mass is 32.2. The van der Waals surface area contributed by atoms with Crippen LogP contribution in [-0.2, 0) is 9.59 Å². The number of anilines is 3. The number of dihydropyridines is 1. The summed E-state index contributed by atoms with van der Waals surface area (Å²) in [6.07, 6.45) is 0. The summed E-state index contributed by atoms with van der Waals surface area (Å²) in [5.41, 5.74) is 3.77. The maximum Gasteiger partial charge on any atom is 0.254 e. The zero-order chi connectivity index (χ0) is 31.1. The number of amides is 2. The molecular formula is C35H30N4O4S. The molecule has 1 aliphatic heterocycles. The van der Waals surface area contributed by atoms with Crippen molar-refractivity contribution in [1.29, 1.82) is 5.26 Å². The minimum absolute atomic E-state index is 0.0156. The summed E-state index contributed by atoms with van der Waals surface area (Å²) < 4.78 is 5.34. The first kappa shape index (κ1) is 30.0. The van der Waals surface area contributed by atoms with Crippen LogP contribution in [0.1, 0.15) is 18.4 Å². The lowest BCUT2D eigenvalue weighted by molar-refractivity contribution is -0.115. The molecule has 3 N–H and O–H groups in total. The van der Waals surface area contributed by atoms with Crippen molar-refractivity contribution in [3.63, 3.8) is 0 Å². The van der Waals surface area contributed by atoms with Crippen LogP contribution in [0.3, 0.4) is 0 Å². The number of nitriles is 1. The van der Waals surface area contributed by atoms with Crippen molar-refractivity contribution in [1.82, 2.24) is 5.32 Å². The zero-order valence-corrected chi connectivity index (χ0v) is 25.0. The van der Waals surface area contributed by atoms with E-state index in [1.807, 2.05) is 78.9 Å². The molecule has 0 fully saturated rings. The Balaban J connectivity index is 1.51. The number of ether oxygens (including phenoxy) is 1. The van der Waals surface area contributed by atoms with Gasteiger partial charge in [0.05, 0.1) is 35.5 Å². The molecule has 2 amide bonds. The van der Waals surface area contributed by atoms with Crippen molar-refractivity contribution < 1.29 is 19.4 Å². The number of hydrogen-bond donors (Lipinski definition) is 3. The maximum atomic E-state index is 13.8. The van der Waals surface area contributed by atoms with E-state index in [4.69, 9.17) is 4.74 Å². The number of nitrogens with one attached hydrogen (secondary N) is 2. The topological polar surface area (TPSA) is 115 Å². The van der Waals surface area contributed by atoms with Crippen LogP contribution in [0.25, 0.3) is 0 Å². The summed E-state index contributed by atoms with van der Waals surface area (Å²) in [5, 5.41) is 27.4. The molecule has 0 radical (unpaired) electrons. The van der Waals surface area contributed by atoms with E-state index in [1.54, 1.807) is 36.1 Å². The van der Waals surface area contributed by atoms with Gasteiger partial charge in [0.2, 0.25) is 5.91 Å². The summed E-state index contributed by atoms with van der Waals surface area (Å²) in [6, 6.07) is 34.8. The van der Waals surface area contributed by atoms with Crippen molar-refractivity contribution >= 4 is 40.6 Å². The largest absolute Gasteiger partial charge is 0.504 e. The third kappa shape index (κ3) is 6.46. The predicted molar refractivity (Wildman–Crippen MR) is 173 cm³/mol. The molecule has 1 aliphatic rings. The minimum Gasteiger partial charge on any atom is -0.504 e. The van der Waals surface area contributed by atoms with E-state index >= 15 is 0 Å². The summed E-state index contributed by atoms with van der Waals surface area (Å²) >= 11 is 1.20. The Hall–Kier alpha value is -5.46. The van der Waals surface area contributed by atoms with Gasteiger partial charge in [-0.2, -0.15) is 5.26 Å². The summed E-state index contributed by atoms with van der Waals surface area (Å²) in [4.78, 5) is 29.1. The van der Waals surface area contributed by atoms with Crippen LogP contribution in [0.2, 0.25) is 0 Å². The van der Waals surface area contributed by atoms with Crippen LogP contribution < -0.4 is 20.3 Å². The van der Waals surface area contributed by atoms with Gasteiger partial charge in [0.25, 0.3) is 5.91 Å². The zero-order valence-electron chi connectivity index (χ0n) is 24.2. The molecule has 9 heteroatoms. The van der Waals surface area contributed by atoms with Crippen LogP contribution >= 0.6 is 11.8 Å². The first-order valence-electron chi connectivity index (χ1n) is 13.8. The monoisotopic (exact) mass is 602 g/mol. The number of hydrogen-bond acceptors (Lipinski definition) is 7. The van der Waals surface area contributed by atoms with Gasteiger partial charge >= 0.3 is 0 Å². The maximum absolute atomic E-state index is 13.8. The molecule has 0 saturated heterocycles. The Morgan fingerprint density at radius 2 is 1.55 bits per heavy atom. The van der Waals surface area contributed by atoms with E-state index in [-0.39, 0.29) is 34.6 Å². The highest BCUT2D eigenvalue weighted by molar-refractivity contribution is 8.03. The molecule has 8 nitrogen and oxygen atoms in total. The summed E-state index contributed by atoms with van der Waals surface area (Å²) in [6.45, 7) is 1.77. The number of methoxy groups -OCH3 is 1.